The summed E-state index contributed by atoms with van der Waals surface area (Å²) in [6, 6.07) is 15.3. The van der Waals surface area contributed by atoms with Gasteiger partial charge in [0.15, 0.2) is 6.61 Å². The molecule has 1 atom stereocenters. The molecule has 2 aromatic rings. The average molecular weight is 425 g/mol. The third kappa shape index (κ3) is 6.48. The molecule has 0 saturated carbocycles. The minimum Gasteiger partial charge on any atom is -0.491 e. The molecule has 1 unspecified atom stereocenters. The number of rotatable bonds is 7. The predicted octanol–water partition coefficient (Wildman–Crippen LogP) is 3.56. The fourth-order valence-corrected chi connectivity index (χ4v) is 2.25. The fraction of sp³-hybridized carbons (Fsp3) is 0.278. The molecular formula is C18H20INO3. The molecule has 0 saturated heterocycles. The van der Waals surface area contributed by atoms with Gasteiger partial charge in [-0.3, -0.25) is 4.79 Å². The normalized spacial score (nSPS) is 11.6. The minimum atomic E-state index is -0.163. The topological polar surface area (TPSA) is 47.6 Å². The third-order valence-corrected chi connectivity index (χ3v) is 3.83. The number of halogens is 1. The first kappa shape index (κ1) is 17.6. The number of hydrogen-bond donors (Lipinski definition) is 1. The van der Waals surface area contributed by atoms with Gasteiger partial charge in [-0.05, 0) is 72.8 Å². The van der Waals surface area contributed by atoms with Crippen molar-refractivity contribution in [2.75, 3.05) is 13.2 Å². The van der Waals surface area contributed by atoms with Crippen LogP contribution in [0.2, 0.25) is 0 Å². The number of carbonyl (C=O) groups excluding carboxylic acids is 1. The first-order valence-electron chi connectivity index (χ1n) is 7.40. The summed E-state index contributed by atoms with van der Waals surface area (Å²) in [6.07, 6.45) is 0. The van der Waals surface area contributed by atoms with E-state index in [9.17, 15) is 4.79 Å². The SMILES string of the molecule is Cc1ccc(OCC(C)NC(=O)COc2ccc(I)cc2)cc1. The lowest BCUT2D eigenvalue weighted by Gasteiger charge is -2.15. The van der Waals surface area contributed by atoms with Crippen molar-refractivity contribution in [1.82, 2.24) is 5.32 Å². The lowest BCUT2D eigenvalue weighted by molar-refractivity contribution is -0.123. The Bertz CT molecular complexity index is 626. The predicted molar refractivity (Wildman–Crippen MR) is 98.9 cm³/mol. The maximum atomic E-state index is 11.9. The third-order valence-electron chi connectivity index (χ3n) is 3.11. The van der Waals surface area contributed by atoms with Crippen molar-refractivity contribution >= 4 is 28.5 Å². The number of nitrogens with one attached hydrogen (secondary N) is 1. The first-order valence-corrected chi connectivity index (χ1v) is 8.48. The number of aryl methyl sites for hydroxylation is 1. The van der Waals surface area contributed by atoms with Gasteiger partial charge in [0.05, 0.1) is 6.04 Å². The molecule has 0 aromatic heterocycles. The van der Waals surface area contributed by atoms with Crippen LogP contribution < -0.4 is 14.8 Å². The molecule has 0 heterocycles. The fourth-order valence-electron chi connectivity index (χ4n) is 1.89. The maximum absolute atomic E-state index is 11.9. The van der Waals surface area contributed by atoms with Gasteiger partial charge in [0.25, 0.3) is 5.91 Å². The molecular weight excluding hydrogens is 405 g/mol. The second kappa shape index (κ2) is 8.76. The highest BCUT2D eigenvalue weighted by molar-refractivity contribution is 14.1. The summed E-state index contributed by atoms with van der Waals surface area (Å²) in [7, 11) is 0. The van der Waals surface area contributed by atoms with Gasteiger partial charge in [-0.1, -0.05) is 17.7 Å². The van der Waals surface area contributed by atoms with E-state index in [1.807, 2.05) is 62.4 Å². The molecule has 23 heavy (non-hydrogen) atoms. The number of ether oxygens (including phenoxy) is 2. The molecule has 0 aliphatic heterocycles. The Kier molecular flexibility index (Phi) is 6.70. The number of hydrogen-bond acceptors (Lipinski definition) is 3. The summed E-state index contributed by atoms with van der Waals surface area (Å²) < 4.78 is 12.2. The molecule has 4 nitrogen and oxygen atoms in total. The van der Waals surface area contributed by atoms with Crippen molar-refractivity contribution in [3.05, 3.63) is 57.7 Å². The highest BCUT2D eigenvalue weighted by atomic mass is 127. The Morgan fingerprint density at radius 1 is 1.04 bits per heavy atom. The highest BCUT2D eigenvalue weighted by Crippen LogP contribution is 2.13. The number of carbonyl (C=O) groups is 1. The van der Waals surface area contributed by atoms with Crippen LogP contribution in [-0.4, -0.2) is 25.2 Å². The van der Waals surface area contributed by atoms with Crippen molar-refractivity contribution in [2.45, 2.75) is 19.9 Å². The van der Waals surface area contributed by atoms with Crippen LogP contribution >= 0.6 is 22.6 Å². The van der Waals surface area contributed by atoms with Crippen molar-refractivity contribution in [1.29, 1.82) is 0 Å². The van der Waals surface area contributed by atoms with E-state index in [0.717, 1.165) is 9.32 Å². The van der Waals surface area contributed by atoms with Crippen molar-refractivity contribution in [3.63, 3.8) is 0 Å². The molecule has 0 spiro atoms. The van der Waals surface area contributed by atoms with Gasteiger partial charge in [-0.2, -0.15) is 0 Å². The lowest BCUT2D eigenvalue weighted by atomic mass is 10.2. The van der Waals surface area contributed by atoms with Crippen LogP contribution in [0.15, 0.2) is 48.5 Å². The van der Waals surface area contributed by atoms with Crippen LogP contribution in [0, 0.1) is 10.5 Å². The molecule has 1 amide bonds. The van der Waals surface area contributed by atoms with Crippen molar-refractivity contribution in [3.8, 4) is 11.5 Å². The second-order valence-electron chi connectivity index (χ2n) is 5.34. The Morgan fingerprint density at radius 2 is 1.61 bits per heavy atom. The zero-order valence-corrected chi connectivity index (χ0v) is 15.4. The summed E-state index contributed by atoms with van der Waals surface area (Å²) in [4.78, 5) is 11.9. The van der Waals surface area contributed by atoms with Crippen LogP contribution in [0.1, 0.15) is 12.5 Å². The summed E-state index contributed by atoms with van der Waals surface area (Å²) >= 11 is 2.22. The minimum absolute atomic E-state index is 0.00450. The number of amides is 1. The highest BCUT2D eigenvalue weighted by Gasteiger charge is 2.09. The van der Waals surface area contributed by atoms with Crippen LogP contribution in [0.4, 0.5) is 0 Å². The largest absolute Gasteiger partial charge is 0.491 e. The van der Waals surface area contributed by atoms with Gasteiger partial charge in [0, 0.05) is 3.57 Å². The monoisotopic (exact) mass is 425 g/mol. The molecule has 2 rings (SSSR count). The maximum Gasteiger partial charge on any atom is 0.258 e. The second-order valence-corrected chi connectivity index (χ2v) is 6.58. The average Bonchev–Trinajstić information content (AvgIpc) is 2.54. The summed E-state index contributed by atoms with van der Waals surface area (Å²) in [6.45, 7) is 4.34. The van der Waals surface area contributed by atoms with Gasteiger partial charge >= 0.3 is 0 Å². The van der Waals surface area contributed by atoms with E-state index in [2.05, 4.69) is 27.9 Å². The van der Waals surface area contributed by atoms with Gasteiger partial charge in [-0.25, -0.2) is 0 Å². The van der Waals surface area contributed by atoms with Gasteiger partial charge in [-0.15, -0.1) is 0 Å². The summed E-state index contributed by atoms with van der Waals surface area (Å²) in [5.74, 6) is 1.32. The van der Waals surface area contributed by atoms with E-state index in [-0.39, 0.29) is 18.6 Å². The van der Waals surface area contributed by atoms with Crippen LogP contribution in [0.5, 0.6) is 11.5 Å². The lowest BCUT2D eigenvalue weighted by Crippen LogP contribution is -2.39. The Hall–Kier alpha value is -1.76. The van der Waals surface area contributed by atoms with Gasteiger partial charge < -0.3 is 14.8 Å². The molecule has 122 valence electrons. The van der Waals surface area contributed by atoms with Gasteiger partial charge in [0.2, 0.25) is 0 Å². The molecule has 0 fully saturated rings. The zero-order chi connectivity index (χ0) is 16.7. The van der Waals surface area contributed by atoms with Crippen LogP contribution in [-0.2, 0) is 4.79 Å². The zero-order valence-electron chi connectivity index (χ0n) is 13.2. The molecule has 5 heteroatoms. The van der Waals surface area contributed by atoms with Crippen LogP contribution in [0.3, 0.4) is 0 Å². The quantitative estimate of drug-likeness (QED) is 0.691. The van der Waals surface area contributed by atoms with E-state index >= 15 is 0 Å². The van der Waals surface area contributed by atoms with E-state index in [1.54, 1.807) is 0 Å². The molecule has 0 radical (unpaired) electrons. The van der Waals surface area contributed by atoms with Crippen molar-refractivity contribution < 1.29 is 14.3 Å². The molecule has 0 aliphatic rings. The Balaban J connectivity index is 1.69. The standard InChI is InChI=1S/C18H20INO3/c1-13-3-7-16(8-4-13)22-11-14(2)20-18(21)12-23-17-9-5-15(19)6-10-17/h3-10,14H,11-12H2,1-2H3,(H,20,21). The smallest absolute Gasteiger partial charge is 0.258 e. The van der Waals surface area contributed by atoms with E-state index < -0.39 is 0 Å². The van der Waals surface area contributed by atoms with Crippen LogP contribution in [0.25, 0.3) is 0 Å². The summed E-state index contributed by atoms with van der Waals surface area (Å²) in [5.41, 5.74) is 1.19. The number of benzene rings is 2. The van der Waals surface area contributed by atoms with Gasteiger partial charge in [0.1, 0.15) is 18.1 Å². The first-order chi connectivity index (χ1) is 11.0. The molecule has 2 aromatic carbocycles. The Morgan fingerprint density at radius 3 is 2.26 bits per heavy atom. The molecule has 1 N–H and O–H groups in total. The Labute approximate surface area is 150 Å². The molecule has 0 aliphatic carbocycles. The summed E-state index contributed by atoms with van der Waals surface area (Å²) in [5, 5.41) is 2.85. The van der Waals surface area contributed by atoms with Crippen molar-refractivity contribution in [2.24, 2.45) is 0 Å². The van der Waals surface area contributed by atoms with E-state index in [0.29, 0.717) is 12.4 Å². The molecule has 0 bridgehead atoms. The van der Waals surface area contributed by atoms with E-state index in [4.69, 9.17) is 9.47 Å². The van der Waals surface area contributed by atoms with E-state index in [1.165, 1.54) is 5.56 Å².